The molecular formula is C26H43N3O5. The van der Waals surface area contributed by atoms with Crippen LogP contribution in [0.3, 0.4) is 0 Å². The first-order valence-electron chi connectivity index (χ1n) is 11.7. The second-order valence-corrected chi connectivity index (χ2v) is 11.5. The Morgan fingerprint density at radius 3 is 1.88 bits per heavy atom. The van der Waals surface area contributed by atoms with Crippen LogP contribution in [0.1, 0.15) is 86.4 Å². The largest absolute Gasteiger partial charge is 0.444 e. The zero-order chi connectivity index (χ0) is 26.5. The van der Waals surface area contributed by atoms with Crippen LogP contribution >= 0.6 is 0 Å². The van der Waals surface area contributed by atoms with E-state index in [1.54, 1.807) is 20.8 Å². The molecule has 0 saturated carbocycles. The van der Waals surface area contributed by atoms with E-state index in [-0.39, 0.29) is 5.91 Å². The van der Waals surface area contributed by atoms with E-state index in [1.165, 1.54) is 4.90 Å². The van der Waals surface area contributed by atoms with E-state index in [4.69, 9.17) is 4.74 Å². The number of ether oxygens (including phenoxy) is 1. The average molecular weight is 478 g/mol. The predicted molar refractivity (Wildman–Crippen MR) is 133 cm³/mol. The molecule has 1 aromatic rings. The molecule has 34 heavy (non-hydrogen) atoms. The van der Waals surface area contributed by atoms with Gasteiger partial charge in [-0.3, -0.25) is 9.59 Å². The molecule has 0 aliphatic heterocycles. The molecule has 0 aromatic heterocycles. The summed E-state index contributed by atoms with van der Waals surface area (Å²) in [5.41, 5.74) is -0.379. The Labute approximate surface area is 204 Å². The van der Waals surface area contributed by atoms with Gasteiger partial charge in [0.15, 0.2) is 0 Å². The molecule has 192 valence electrons. The van der Waals surface area contributed by atoms with Crippen molar-refractivity contribution in [2.24, 2.45) is 0 Å². The van der Waals surface area contributed by atoms with Gasteiger partial charge in [0, 0.05) is 11.1 Å². The summed E-state index contributed by atoms with van der Waals surface area (Å²) in [5.74, 6) is -0.941. The van der Waals surface area contributed by atoms with Gasteiger partial charge in [0.2, 0.25) is 11.8 Å². The Balaban J connectivity index is 3.50. The van der Waals surface area contributed by atoms with Crippen LogP contribution in [0.25, 0.3) is 0 Å². The number of alkyl carbamates (subject to hydrolysis) is 1. The minimum atomic E-state index is -1.28. The standard InChI is InChI=1S/C26H43N3O5/c1-11-17-12-14-18(15-13-17)20(21(31)28-24(2,3)4)29(25(5,6)7)22(32)19(16-30)27-23(33)34-26(8,9)10/h12-15,19-20,30H,11,16H2,1-10H3,(H,27,33)(H,28,31). The van der Waals surface area contributed by atoms with Crippen molar-refractivity contribution >= 4 is 17.9 Å². The van der Waals surface area contributed by atoms with E-state index in [1.807, 2.05) is 72.7 Å². The number of nitrogens with zero attached hydrogens (tertiary/aromatic N) is 1. The highest BCUT2D eigenvalue weighted by Gasteiger charge is 2.42. The molecule has 1 rings (SSSR count). The van der Waals surface area contributed by atoms with Crippen molar-refractivity contribution in [2.45, 2.75) is 104 Å². The summed E-state index contributed by atoms with van der Waals surface area (Å²) in [4.78, 5) is 41.1. The molecule has 0 aliphatic carbocycles. The van der Waals surface area contributed by atoms with Crippen LogP contribution in [0, 0.1) is 0 Å². The topological polar surface area (TPSA) is 108 Å². The van der Waals surface area contributed by atoms with E-state index in [0.29, 0.717) is 5.56 Å². The molecule has 0 saturated heterocycles. The fourth-order valence-electron chi connectivity index (χ4n) is 3.44. The van der Waals surface area contributed by atoms with Gasteiger partial charge in [-0.25, -0.2) is 4.79 Å². The van der Waals surface area contributed by atoms with Crippen LogP contribution in [0.4, 0.5) is 4.79 Å². The summed E-state index contributed by atoms with van der Waals surface area (Å²) in [6.07, 6.45) is 0.0183. The number of rotatable bonds is 7. The van der Waals surface area contributed by atoms with Gasteiger partial charge in [-0.2, -0.15) is 0 Å². The lowest BCUT2D eigenvalue weighted by molar-refractivity contribution is -0.149. The summed E-state index contributed by atoms with van der Waals surface area (Å²) in [7, 11) is 0. The maximum absolute atomic E-state index is 13.7. The van der Waals surface area contributed by atoms with Gasteiger partial charge in [0.05, 0.1) is 6.61 Å². The molecule has 0 fully saturated rings. The molecule has 8 nitrogen and oxygen atoms in total. The van der Waals surface area contributed by atoms with Crippen LogP contribution in [0.15, 0.2) is 24.3 Å². The normalized spacial score (nSPS) is 14.1. The quantitative estimate of drug-likeness (QED) is 0.555. The summed E-state index contributed by atoms with van der Waals surface area (Å²) >= 11 is 0. The van der Waals surface area contributed by atoms with Crippen molar-refractivity contribution in [2.75, 3.05) is 6.61 Å². The molecule has 8 heteroatoms. The summed E-state index contributed by atoms with van der Waals surface area (Å²) in [6.45, 7) is 17.5. The lowest BCUT2D eigenvalue weighted by Crippen LogP contribution is -2.60. The third-order valence-electron chi connectivity index (χ3n) is 4.84. The maximum atomic E-state index is 13.7. The zero-order valence-corrected chi connectivity index (χ0v) is 22.4. The smallest absolute Gasteiger partial charge is 0.408 e. The van der Waals surface area contributed by atoms with Crippen molar-refractivity contribution in [3.05, 3.63) is 35.4 Å². The fourth-order valence-corrected chi connectivity index (χ4v) is 3.44. The van der Waals surface area contributed by atoms with E-state index in [2.05, 4.69) is 10.6 Å². The average Bonchev–Trinajstić information content (AvgIpc) is 2.66. The second-order valence-electron chi connectivity index (χ2n) is 11.5. The molecule has 3 amide bonds. The number of hydrogen-bond donors (Lipinski definition) is 3. The Morgan fingerprint density at radius 1 is 0.971 bits per heavy atom. The molecule has 0 spiro atoms. The molecule has 0 bridgehead atoms. The number of benzene rings is 1. The van der Waals surface area contributed by atoms with Gasteiger partial charge >= 0.3 is 6.09 Å². The van der Waals surface area contributed by atoms with Crippen LogP contribution < -0.4 is 10.6 Å². The third kappa shape index (κ3) is 8.97. The lowest BCUT2D eigenvalue weighted by Gasteiger charge is -2.43. The van der Waals surface area contributed by atoms with E-state index in [9.17, 15) is 19.5 Å². The first-order valence-corrected chi connectivity index (χ1v) is 11.7. The van der Waals surface area contributed by atoms with Gasteiger partial charge in [-0.1, -0.05) is 31.2 Å². The van der Waals surface area contributed by atoms with Crippen molar-refractivity contribution < 1.29 is 24.2 Å². The van der Waals surface area contributed by atoms with Gasteiger partial charge in [0.1, 0.15) is 17.7 Å². The number of carbonyl (C=O) groups excluding carboxylic acids is 3. The number of aliphatic hydroxyl groups excluding tert-OH is 1. The van der Waals surface area contributed by atoms with Gasteiger partial charge in [-0.15, -0.1) is 0 Å². The van der Waals surface area contributed by atoms with Crippen LogP contribution in [0.5, 0.6) is 0 Å². The second kappa shape index (κ2) is 11.2. The first-order chi connectivity index (χ1) is 15.4. The highest BCUT2D eigenvalue weighted by atomic mass is 16.6. The Bertz CT molecular complexity index is 845. The highest BCUT2D eigenvalue weighted by Crippen LogP contribution is 2.31. The van der Waals surface area contributed by atoms with E-state index in [0.717, 1.165) is 12.0 Å². The van der Waals surface area contributed by atoms with Gasteiger partial charge < -0.3 is 25.4 Å². The van der Waals surface area contributed by atoms with E-state index >= 15 is 0 Å². The molecule has 1 aromatic carbocycles. The zero-order valence-electron chi connectivity index (χ0n) is 22.4. The summed E-state index contributed by atoms with van der Waals surface area (Å²) in [6, 6.07) is 5.28. The number of aliphatic hydroxyl groups is 1. The highest BCUT2D eigenvalue weighted by molar-refractivity contribution is 5.93. The molecule has 0 aliphatic rings. The van der Waals surface area contributed by atoms with Crippen molar-refractivity contribution in [3.8, 4) is 0 Å². The number of hydrogen-bond acceptors (Lipinski definition) is 5. The molecule has 2 unspecified atom stereocenters. The molecular weight excluding hydrogens is 434 g/mol. The SMILES string of the molecule is CCc1ccc(C(C(=O)NC(C)(C)C)N(C(=O)C(CO)NC(=O)OC(C)(C)C)C(C)(C)C)cc1. The number of amides is 3. The fraction of sp³-hybridized carbons (Fsp3) is 0.654. The minimum Gasteiger partial charge on any atom is -0.444 e. The van der Waals surface area contributed by atoms with Crippen molar-refractivity contribution in [1.29, 1.82) is 0 Å². The Morgan fingerprint density at radius 2 is 1.50 bits per heavy atom. The molecule has 0 heterocycles. The van der Waals surface area contributed by atoms with Crippen molar-refractivity contribution in [3.63, 3.8) is 0 Å². The summed E-state index contributed by atoms with van der Waals surface area (Å²) in [5, 5.41) is 15.4. The molecule has 3 N–H and O–H groups in total. The lowest BCUT2D eigenvalue weighted by atomic mass is 9.94. The van der Waals surface area contributed by atoms with Crippen LogP contribution in [-0.2, 0) is 20.7 Å². The Kier molecular flexibility index (Phi) is 9.70. The Hall–Kier alpha value is -2.61. The number of nitrogens with one attached hydrogen (secondary N) is 2. The predicted octanol–water partition coefficient (Wildman–Crippen LogP) is 3.72. The minimum absolute atomic E-state index is 0.353. The van der Waals surface area contributed by atoms with Gasteiger partial charge in [-0.05, 0) is 79.9 Å². The maximum Gasteiger partial charge on any atom is 0.408 e. The third-order valence-corrected chi connectivity index (χ3v) is 4.84. The molecule has 0 radical (unpaired) electrons. The summed E-state index contributed by atoms with van der Waals surface area (Å²) < 4.78 is 5.26. The van der Waals surface area contributed by atoms with Gasteiger partial charge in [0.25, 0.3) is 0 Å². The van der Waals surface area contributed by atoms with Crippen LogP contribution in [0.2, 0.25) is 0 Å². The van der Waals surface area contributed by atoms with E-state index < -0.39 is 47.4 Å². The molecule has 2 atom stereocenters. The number of carbonyl (C=O) groups is 3. The monoisotopic (exact) mass is 477 g/mol. The number of aryl methyl sites for hydroxylation is 1. The first kappa shape index (κ1) is 29.4. The van der Waals surface area contributed by atoms with Crippen molar-refractivity contribution in [1.82, 2.24) is 15.5 Å². The van der Waals surface area contributed by atoms with Crippen LogP contribution in [-0.4, -0.2) is 57.2 Å².